The van der Waals surface area contributed by atoms with Crippen molar-refractivity contribution in [3.63, 3.8) is 0 Å². The number of hydrogen-bond donors (Lipinski definition) is 4. The third-order valence-corrected chi connectivity index (χ3v) is 14.0. The summed E-state index contributed by atoms with van der Waals surface area (Å²) in [6.07, 6.45) is 13.1. The summed E-state index contributed by atoms with van der Waals surface area (Å²) in [4.78, 5) is 74.9. The van der Waals surface area contributed by atoms with Gasteiger partial charge in [-0.25, -0.2) is 19.6 Å². The number of hydrogen-bond acceptors (Lipinski definition) is 8. The molecule has 6 aromatic rings. The van der Waals surface area contributed by atoms with Crippen molar-refractivity contribution < 1.29 is 28.7 Å². The molecule has 14 nitrogen and oxygen atoms in total. The second kappa shape index (κ2) is 20.3. The number of rotatable bonds is 13. The molecule has 2 aliphatic carbocycles. The predicted octanol–water partition coefficient (Wildman–Crippen LogP) is 10.3. The van der Waals surface area contributed by atoms with Gasteiger partial charge in [-0.15, -0.1) is 0 Å². The Morgan fingerprint density at radius 3 is 1.24 bits per heavy atom. The summed E-state index contributed by atoms with van der Waals surface area (Å²) in [6.45, 7) is 1.12. The first-order valence-electron chi connectivity index (χ1n) is 24.3. The van der Waals surface area contributed by atoms with Gasteiger partial charge in [0.15, 0.2) is 0 Å². The second-order valence-electron chi connectivity index (χ2n) is 18.5. The monoisotopic (exact) mass is 914 g/mol. The lowest BCUT2D eigenvalue weighted by molar-refractivity contribution is -0.135. The summed E-state index contributed by atoms with van der Waals surface area (Å²) >= 11 is 0. The van der Waals surface area contributed by atoms with Crippen LogP contribution in [0.2, 0.25) is 0 Å². The number of aromatic nitrogens is 4. The average Bonchev–Trinajstić information content (AvgIpc) is 4.24. The Morgan fingerprint density at radius 1 is 0.485 bits per heavy atom. The number of benzene rings is 4. The zero-order chi connectivity index (χ0) is 46.4. The fourth-order valence-corrected chi connectivity index (χ4v) is 10.4. The molecule has 14 heteroatoms. The Hall–Kier alpha value is -7.22. The van der Waals surface area contributed by atoms with E-state index in [0.717, 1.165) is 111 Å². The number of aromatic amines is 2. The molecule has 4 heterocycles. The number of carbonyl (C=O) groups is 4. The van der Waals surface area contributed by atoms with Crippen molar-refractivity contribution >= 4 is 24.0 Å². The number of ether oxygens (including phenoxy) is 2. The van der Waals surface area contributed by atoms with Gasteiger partial charge < -0.3 is 39.9 Å². The quantitative estimate of drug-likeness (QED) is 0.0886. The van der Waals surface area contributed by atoms with Crippen LogP contribution in [0.15, 0.2) is 122 Å². The van der Waals surface area contributed by atoms with Crippen molar-refractivity contribution in [2.45, 2.75) is 113 Å². The standard InChI is InChI=1S/C54H58N8O6/c63-51(47(39-13-3-1-4-14-39)59-53(65)67-41-17-7-8-18-41)61-31-11-21-45(61)49-55-33-43(57-49)37-27-23-35(24-28-37)36-25-29-38(30-26-36)44-34-56-50(58-44)46-22-12-32-62(46)52(64)48(40-15-5-2-6-16-40)60-54(66)68-42-19-9-10-20-42/h1-6,13-16,23-30,33-34,41-42,45-48H,7-12,17-22,31-32H2,(H,55,57)(H,56,58)(H,59,65)(H,60,66)/t45-,46-,47+,48+/m0/s1. The van der Waals surface area contributed by atoms with Crippen molar-refractivity contribution in [1.82, 2.24) is 40.4 Å². The van der Waals surface area contributed by atoms with E-state index in [1.165, 1.54) is 0 Å². The molecule has 2 saturated heterocycles. The Kier molecular flexibility index (Phi) is 13.3. The van der Waals surface area contributed by atoms with Gasteiger partial charge >= 0.3 is 12.2 Å². The zero-order valence-electron chi connectivity index (χ0n) is 38.1. The van der Waals surface area contributed by atoms with Gasteiger partial charge in [0.25, 0.3) is 11.8 Å². The molecule has 68 heavy (non-hydrogen) atoms. The molecule has 0 unspecified atom stereocenters. The Balaban J connectivity index is 0.783. The predicted molar refractivity (Wildman–Crippen MR) is 257 cm³/mol. The van der Waals surface area contributed by atoms with Crippen LogP contribution in [0.4, 0.5) is 9.59 Å². The maximum absolute atomic E-state index is 14.3. The smallest absolute Gasteiger partial charge is 0.408 e. The molecule has 4 N–H and O–H groups in total. The molecule has 350 valence electrons. The van der Waals surface area contributed by atoms with Gasteiger partial charge in [0.2, 0.25) is 0 Å². The van der Waals surface area contributed by atoms with Gasteiger partial charge in [-0.05, 0) is 99.3 Å². The molecule has 0 spiro atoms. The molecule has 10 rings (SSSR count). The van der Waals surface area contributed by atoms with E-state index in [1.54, 1.807) is 0 Å². The Bertz CT molecular complexity index is 2490. The maximum atomic E-state index is 14.3. The number of likely N-dealkylation sites (tertiary alicyclic amines) is 2. The minimum absolute atomic E-state index is 0.110. The maximum Gasteiger partial charge on any atom is 0.408 e. The zero-order valence-corrected chi connectivity index (χ0v) is 38.1. The van der Waals surface area contributed by atoms with Crippen LogP contribution in [0.5, 0.6) is 0 Å². The SMILES string of the molecule is O=C(N[C@@H](C(=O)N1CCC[C@H]1c1nc(-c2ccc(-c3ccc(-c4c[nH]c([C@@H]5CCCN5C(=O)[C@H](NC(=O)OC5CCCC5)c5ccccc5)n4)cc3)cc2)c[nH]1)c1ccccc1)OC1CCCC1. The van der Waals surface area contributed by atoms with Crippen LogP contribution in [0.25, 0.3) is 33.6 Å². The lowest BCUT2D eigenvalue weighted by atomic mass is 10.0. The van der Waals surface area contributed by atoms with Crippen molar-refractivity contribution in [1.29, 1.82) is 0 Å². The average molecular weight is 915 g/mol. The van der Waals surface area contributed by atoms with Crippen molar-refractivity contribution in [3.05, 3.63) is 144 Å². The highest BCUT2D eigenvalue weighted by molar-refractivity contribution is 5.88. The molecule has 2 aromatic heterocycles. The van der Waals surface area contributed by atoms with Crippen LogP contribution >= 0.6 is 0 Å². The molecule has 4 aromatic carbocycles. The molecular formula is C54H58N8O6. The highest BCUT2D eigenvalue weighted by atomic mass is 16.6. The molecule has 4 amide bonds. The van der Waals surface area contributed by atoms with E-state index < -0.39 is 24.3 Å². The van der Waals surface area contributed by atoms with E-state index in [0.29, 0.717) is 35.9 Å². The first-order valence-corrected chi connectivity index (χ1v) is 24.3. The highest BCUT2D eigenvalue weighted by Crippen LogP contribution is 2.37. The van der Waals surface area contributed by atoms with Gasteiger partial charge in [-0.3, -0.25) is 9.59 Å². The molecule has 0 radical (unpaired) electrons. The molecule has 0 bridgehead atoms. The van der Waals surface area contributed by atoms with E-state index in [4.69, 9.17) is 19.4 Å². The fraction of sp³-hybridized carbons (Fsp3) is 0.370. The number of H-pyrrole nitrogens is 2. The van der Waals surface area contributed by atoms with Gasteiger partial charge in [0, 0.05) is 36.6 Å². The van der Waals surface area contributed by atoms with E-state index in [2.05, 4.69) is 69.1 Å². The Labute approximate surface area is 396 Å². The number of carbonyl (C=O) groups excluding carboxylic acids is 4. The number of nitrogens with zero attached hydrogens (tertiary/aromatic N) is 4. The molecule has 4 atom stereocenters. The third kappa shape index (κ3) is 9.90. The molecule has 4 fully saturated rings. The van der Waals surface area contributed by atoms with Crippen LogP contribution in [-0.4, -0.2) is 79.0 Å². The van der Waals surface area contributed by atoms with Crippen molar-refractivity contribution in [3.8, 4) is 33.6 Å². The summed E-state index contributed by atoms with van der Waals surface area (Å²) in [6, 6.07) is 33.0. The normalized spacial score (nSPS) is 19.5. The summed E-state index contributed by atoms with van der Waals surface area (Å²) in [5.74, 6) is 1.06. The van der Waals surface area contributed by atoms with Crippen molar-refractivity contribution in [2.75, 3.05) is 13.1 Å². The minimum atomic E-state index is -0.874. The van der Waals surface area contributed by atoms with Crippen LogP contribution in [-0.2, 0) is 19.1 Å². The van der Waals surface area contributed by atoms with Gasteiger partial charge in [-0.1, -0.05) is 109 Å². The fourth-order valence-electron chi connectivity index (χ4n) is 10.4. The first kappa shape index (κ1) is 44.6. The lowest BCUT2D eigenvalue weighted by Crippen LogP contribution is -2.43. The summed E-state index contributed by atoms with van der Waals surface area (Å²) in [5.41, 5.74) is 6.97. The number of alkyl carbamates (subject to hydrolysis) is 2. The van der Waals surface area contributed by atoms with Crippen molar-refractivity contribution in [2.24, 2.45) is 0 Å². The summed E-state index contributed by atoms with van der Waals surface area (Å²) < 4.78 is 11.4. The van der Waals surface area contributed by atoms with Crippen LogP contribution in [0, 0.1) is 0 Å². The van der Waals surface area contributed by atoms with E-state index in [1.807, 2.05) is 82.9 Å². The lowest BCUT2D eigenvalue weighted by Gasteiger charge is -2.28. The Morgan fingerprint density at radius 2 is 0.853 bits per heavy atom. The first-order chi connectivity index (χ1) is 33.3. The number of imidazole rings is 2. The second-order valence-corrected chi connectivity index (χ2v) is 18.5. The highest BCUT2D eigenvalue weighted by Gasteiger charge is 2.39. The van der Waals surface area contributed by atoms with E-state index in [9.17, 15) is 19.2 Å². The summed E-state index contributed by atoms with van der Waals surface area (Å²) in [7, 11) is 0. The topological polar surface area (TPSA) is 175 Å². The van der Waals surface area contributed by atoms with Crippen LogP contribution < -0.4 is 10.6 Å². The number of amides is 4. The van der Waals surface area contributed by atoms with Gasteiger partial charge in [0.1, 0.15) is 35.9 Å². The minimum Gasteiger partial charge on any atom is -0.446 e. The van der Waals surface area contributed by atoms with Gasteiger partial charge in [0.05, 0.1) is 23.5 Å². The van der Waals surface area contributed by atoms with Crippen LogP contribution in [0.3, 0.4) is 0 Å². The number of nitrogens with one attached hydrogen (secondary N) is 4. The van der Waals surface area contributed by atoms with E-state index >= 15 is 0 Å². The molecule has 2 saturated carbocycles. The third-order valence-electron chi connectivity index (χ3n) is 14.0. The van der Waals surface area contributed by atoms with Gasteiger partial charge in [-0.2, -0.15) is 0 Å². The van der Waals surface area contributed by atoms with Crippen LogP contribution in [0.1, 0.15) is 124 Å². The molecule has 2 aliphatic heterocycles. The molecule has 4 aliphatic rings. The summed E-state index contributed by atoms with van der Waals surface area (Å²) in [5, 5.41) is 5.79. The largest absolute Gasteiger partial charge is 0.446 e. The molecular weight excluding hydrogens is 857 g/mol. The van der Waals surface area contributed by atoms with E-state index in [-0.39, 0.29) is 36.1 Å².